The van der Waals surface area contributed by atoms with Gasteiger partial charge in [0.25, 0.3) is 5.91 Å². The first kappa shape index (κ1) is 13.4. The Kier molecular flexibility index (Phi) is 4.90. The van der Waals surface area contributed by atoms with E-state index in [1.807, 2.05) is 0 Å². The highest BCUT2D eigenvalue weighted by Crippen LogP contribution is 2.19. The summed E-state index contributed by atoms with van der Waals surface area (Å²) in [6, 6.07) is 3.52. The van der Waals surface area contributed by atoms with Crippen LogP contribution in [0.3, 0.4) is 0 Å². The highest BCUT2D eigenvalue weighted by molar-refractivity contribution is 5.97. The van der Waals surface area contributed by atoms with Crippen molar-refractivity contribution in [3.63, 3.8) is 0 Å². The summed E-state index contributed by atoms with van der Waals surface area (Å²) in [7, 11) is 0. The minimum absolute atomic E-state index is 0.0468. The summed E-state index contributed by atoms with van der Waals surface area (Å²) >= 11 is 0. The average Bonchev–Trinajstić information content (AvgIpc) is 2.26. The van der Waals surface area contributed by atoms with Gasteiger partial charge in [0.15, 0.2) is 0 Å². The molecule has 5 heteroatoms. The molecular formula is C12H16FNO3. The Labute approximate surface area is 99.1 Å². The topological polar surface area (TPSA) is 69.6 Å². The lowest BCUT2D eigenvalue weighted by Crippen LogP contribution is -2.33. The van der Waals surface area contributed by atoms with Gasteiger partial charge in [-0.3, -0.25) is 4.79 Å². The quantitative estimate of drug-likeness (QED) is 0.730. The van der Waals surface area contributed by atoms with E-state index in [4.69, 9.17) is 5.11 Å². The highest BCUT2D eigenvalue weighted by Gasteiger charge is 2.17. The number of hydrogen-bond acceptors (Lipinski definition) is 3. The number of aromatic hydroxyl groups is 1. The maximum absolute atomic E-state index is 13.3. The van der Waals surface area contributed by atoms with Gasteiger partial charge in [0.1, 0.15) is 17.1 Å². The summed E-state index contributed by atoms with van der Waals surface area (Å²) in [6.45, 7) is 1.80. The summed E-state index contributed by atoms with van der Waals surface area (Å²) in [5.41, 5.74) is -0.344. The van der Waals surface area contributed by atoms with Gasteiger partial charge in [-0.05, 0) is 31.9 Å². The second-order valence-electron chi connectivity index (χ2n) is 3.87. The van der Waals surface area contributed by atoms with Crippen molar-refractivity contribution in [1.29, 1.82) is 0 Å². The molecule has 4 nitrogen and oxygen atoms in total. The molecule has 0 spiro atoms. The molecule has 1 atom stereocenters. The molecule has 0 saturated carbocycles. The predicted octanol–water partition coefficient (Wildman–Crippen LogP) is 1.42. The van der Waals surface area contributed by atoms with E-state index in [0.29, 0.717) is 12.8 Å². The van der Waals surface area contributed by atoms with Gasteiger partial charge in [-0.2, -0.15) is 0 Å². The number of rotatable bonds is 5. The van der Waals surface area contributed by atoms with Crippen LogP contribution in [0.15, 0.2) is 18.2 Å². The van der Waals surface area contributed by atoms with Gasteiger partial charge >= 0.3 is 0 Å². The third kappa shape index (κ3) is 3.71. The van der Waals surface area contributed by atoms with Crippen LogP contribution in [0.25, 0.3) is 0 Å². The summed E-state index contributed by atoms with van der Waals surface area (Å²) in [5, 5.41) is 20.6. The van der Waals surface area contributed by atoms with E-state index in [1.165, 1.54) is 12.1 Å². The number of carbonyl (C=O) groups is 1. The van der Waals surface area contributed by atoms with Crippen LogP contribution in [0.5, 0.6) is 5.75 Å². The van der Waals surface area contributed by atoms with Crippen molar-refractivity contribution < 1.29 is 19.4 Å². The van der Waals surface area contributed by atoms with E-state index >= 15 is 0 Å². The number of phenols is 1. The van der Waals surface area contributed by atoms with Crippen LogP contribution in [0.4, 0.5) is 4.39 Å². The Morgan fingerprint density at radius 1 is 1.53 bits per heavy atom. The van der Waals surface area contributed by atoms with Gasteiger partial charge in [-0.15, -0.1) is 0 Å². The molecule has 0 fully saturated rings. The van der Waals surface area contributed by atoms with Crippen molar-refractivity contribution in [3.05, 3.63) is 29.6 Å². The molecule has 0 aliphatic heterocycles. The molecule has 17 heavy (non-hydrogen) atoms. The largest absolute Gasteiger partial charge is 0.507 e. The highest BCUT2D eigenvalue weighted by atomic mass is 19.1. The number of hydrogen-bond donors (Lipinski definition) is 3. The van der Waals surface area contributed by atoms with Crippen molar-refractivity contribution in [2.24, 2.45) is 0 Å². The summed E-state index contributed by atoms with van der Waals surface area (Å²) in [5.74, 6) is -1.78. The van der Waals surface area contributed by atoms with Crippen molar-refractivity contribution in [2.45, 2.75) is 25.8 Å². The molecule has 0 radical (unpaired) electrons. The molecule has 0 aliphatic rings. The normalized spacial score (nSPS) is 12.2. The number of aliphatic hydroxyl groups is 1. The summed E-state index contributed by atoms with van der Waals surface area (Å²) in [6.07, 6.45) is 1.15. The Hall–Kier alpha value is -1.62. The Morgan fingerprint density at radius 2 is 2.24 bits per heavy atom. The van der Waals surface area contributed by atoms with E-state index < -0.39 is 11.7 Å². The van der Waals surface area contributed by atoms with Gasteiger partial charge in [0, 0.05) is 12.6 Å². The zero-order valence-corrected chi connectivity index (χ0v) is 9.61. The van der Waals surface area contributed by atoms with Crippen LogP contribution in [-0.4, -0.2) is 28.8 Å². The third-order valence-electron chi connectivity index (χ3n) is 2.39. The second kappa shape index (κ2) is 6.20. The molecule has 1 rings (SSSR count). The van der Waals surface area contributed by atoms with Crippen molar-refractivity contribution in [2.75, 3.05) is 6.61 Å². The Balaban J connectivity index is 2.70. The van der Waals surface area contributed by atoms with Gasteiger partial charge in [-0.25, -0.2) is 4.39 Å². The predicted molar refractivity (Wildman–Crippen MR) is 61.3 cm³/mol. The monoisotopic (exact) mass is 241 g/mol. The molecule has 1 aromatic carbocycles. The number of aliphatic hydroxyl groups excluding tert-OH is 1. The Morgan fingerprint density at radius 3 is 2.82 bits per heavy atom. The number of halogens is 1. The van der Waals surface area contributed by atoms with E-state index in [0.717, 1.165) is 6.07 Å². The number of nitrogens with one attached hydrogen (secondary N) is 1. The van der Waals surface area contributed by atoms with Gasteiger partial charge in [0.2, 0.25) is 0 Å². The minimum atomic E-state index is -0.753. The van der Waals surface area contributed by atoms with E-state index in [2.05, 4.69) is 5.32 Å². The first-order chi connectivity index (χ1) is 8.06. The maximum atomic E-state index is 13.3. The molecule has 0 heterocycles. The van der Waals surface area contributed by atoms with Crippen molar-refractivity contribution >= 4 is 5.91 Å². The lowest BCUT2D eigenvalue weighted by atomic mass is 10.1. The number of carbonyl (C=O) groups excluding carboxylic acids is 1. The fourth-order valence-corrected chi connectivity index (χ4v) is 1.50. The van der Waals surface area contributed by atoms with Gasteiger partial charge < -0.3 is 15.5 Å². The zero-order chi connectivity index (χ0) is 12.8. The lowest BCUT2D eigenvalue weighted by Gasteiger charge is -2.14. The molecule has 94 valence electrons. The summed E-state index contributed by atoms with van der Waals surface area (Å²) < 4.78 is 13.3. The van der Waals surface area contributed by atoms with Crippen LogP contribution in [-0.2, 0) is 0 Å². The molecular weight excluding hydrogens is 225 g/mol. The average molecular weight is 241 g/mol. The third-order valence-corrected chi connectivity index (χ3v) is 2.39. The van der Waals surface area contributed by atoms with Gasteiger partial charge in [0.05, 0.1) is 0 Å². The molecule has 1 unspecified atom stereocenters. The zero-order valence-electron chi connectivity index (χ0n) is 9.61. The van der Waals surface area contributed by atoms with Crippen LogP contribution in [0, 0.1) is 5.82 Å². The second-order valence-corrected chi connectivity index (χ2v) is 3.87. The molecule has 0 aliphatic carbocycles. The number of amides is 1. The summed E-state index contributed by atoms with van der Waals surface area (Å²) in [4.78, 5) is 11.7. The first-order valence-corrected chi connectivity index (χ1v) is 5.45. The van der Waals surface area contributed by atoms with Crippen LogP contribution in [0.2, 0.25) is 0 Å². The first-order valence-electron chi connectivity index (χ1n) is 5.45. The standard InChI is InChI=1S/C12H16FNO3/c1-8(4-3-7-15)14-12(17)11-9(13)5-2-6-10(11)16/h2,5-6,8,15-16H,3-4,7H2,1H3,(H,14,17). The molecule has 0 aromatic heterocycles. The maximum Gasteiger partial charge on any atom is 0.258 e. The fraction of sp³-hybridized carbons (Fsp3) is 0.417. The SMILES string of the molecule is CC(CCCO)NC(=O)c1c(O)cccc1F. The van der Waals surface area contributed by atoms with E-state index in [-0.39, 0.29) is 24.0 Å². The van der Waals surface area contributed by atoms with Crippen molar-refractivity contribution in [1.82, 2.24) is 5.32 Å². The molecule has 0 saturated heterocycles. The van der Waals surface area contributed by atoms with Crippen LogP contribution < -0.4 is 5.32 Å². The lowest BCUT2D eigenvalue weighted by molar-refractivity contribution is 0.0929. The fourth-order valence-electron chi connectivity index (χ4n) is 1.50. The van der Waals surface area contributed by atoms with E-state index in [1.54, 1.807) is 6.92 Å². The molecule has 0 bridgehead atoms. The van der Waals surface area contributed by atoms with Crippen LogP contribution in [0.1, 0.15) is 30.1 Å². The van der Waals surface area contributed by atoms with E-state index in [9.17, 15) is 14.3 Å². The minimum Gasteiger partial charge on any atom is -0.507 e. The van der Waals surface area contributed by atoms with Crippen molar-refractivity contribution in [3.8, 4) is 5.75 Å². The molecule has 1 aromatic rings. The number of phenolic OH excluding ortho intramolecular Hbond substituents is 1. The van der Waals surface area contributed by atoms with Crippen LogP contribution >= 0.6 is 0 Å². The van der Waals surface area contributed by atoms with Gasteiger partial charge in [-0.1, -0.05) is 6.07 Å². The molecule has 1 amide bonds. The smallest absolute Gasteiger partial charge is 0.258 e. The Bertz CT molecular complexity index is 375. The molecule has 3 N–H and O–H groups in total. The number of benzene rings is 1.